The van der Waals surface area contributed by atoms with Crippen LogP contribution < -0.4 is 15.4 Å². The van der Waals surface area contributed by atoms with Crippen LogP contribution in [0, 0.1) is 5.82 Å². The molecule has 0 aliphatic heterocycles. The average Bonchev–Trinajstić information content (AvgIpc) is 2.64. The lowest BCUT2D eigenvalue weighted by Crippen LogP contribution is -2.15. The first kappa shape index (κ1) is 17.3. The van der Waals surface area contributed by atoms with Gasteiger partial charge in [-0.15, -0.1) is 0 Å². The maximum Gasteiger partial charge on any atom is 0.274 e. The third-order valence-electron chi connectivity index (χ3n) is 3.40. The minimum atomic E-state index is -0.401. The number of hydrogen-bond acceptors (Lipinski definition) is 5. The molecule has 0 aliphatic carbocycles. The number of carbonyl (C=O) groups is 1. The topological polar surface area (TPSA) is 76.1 Å². The first-order chi connectivity index (χ1) is 12.7. The monoisotopic (exact) mass is 352 g/mol. The number of halogens is 1. The van der Waals surface area contributed by atoms with E-state index in [-0.39, 0.29) is 17.5 Å². The molecule has 1 heterocycles. The zero-order valence-corrected chi connectivity index (χ0v) is 14.1. The van der Waals surface area contributed by atoms with Crippen LogP contribution in [0.4, 0.5) is 21.7 Å². The molecule has 7 heteroatoms. The van der Waals surface area contributed by atoms with Crippen LogP contribution >= 0.6 is 0 Å². The molecule has 6 nitrogen and oxygen atoms in total. The van der Waals surface area contributed by atoms with E-state index in [1.54, 1.807) is 30.3 Å². The predicted molar refractivity (Wildman–Crippen MR) is 97.3 cm³/mol. The van der Waals surface area contributed by atoms with E-state index in [2.05, 4.69) is 20.6 Å². The quantitative estimate of drug-likeness (QED) is 0.701. The van der Waals surface area contributed by atoms with Crippen molar-refractivity contribution in [2.75, 3.05) is 17.2 Å². The van der Waals surface area contributed by atoms with E-state index in [4.69, 9.17) is 4.74 Å². The molecule has 0 saturated carbocycles. The van der Waals surface area contributed by atoms with E-state index in [0.29, 0.717) is 23.7 Å². The number of amides is 1. The molecule has 0 spiro atoms. The fraction of sp³-hybridized carbons (Fsp3) is 0.105. The lowest BCUT2D eigenvalue weighted by Gasteiger charge is -2.11. The van der Waals surface area contributed by atoms with Crippen molar-refractivity contribution >= 4 is 23.2 Å². The van der Waals surface area contributed by atoms with Gasteiger partial charge in [0.15, 0.2) is 0 Å². The predicted octanol–water partition coefficient (Wildman–Crippen LogP) is 4.01. The minimum Gasteiger partial charge on any atom is -0.492 e. The molecule has 26 heavy (non-hydrogen) atoms. The summed E-state index contributed by atoms with van der Waals surface area (Å²) in [7, 11) is 0. The Bertz CT molecular complexity index is 917. The van der Waals surface area contributed by atoms with Gasteiger partial charge in [0.2, 0.25) is 5.95 Å². The van der Waals surface area contributed by atoms with Gasteiger partial charge in [0.25, 0.3) is 5.91 Å². The van der Waals surface area contributed by atoms with Gasteiger partial charge < -0.3 is 15.4 Å². The summed E-state index contributed by atoms with van der Waals surface area (Å²) < 4.78 is 18.8. The van der Waals surface area contributed by atoms with Crippen LogP contribution in [0.25, 0.3) is 0 Å². The molecule has 0 aliphatic rings. The largest absolute Gasteiger partial charge is 0.492 e. The number of hydrogen-bond donors (Lipinski definition) is 2. The number of benzene rings is 2. The Morgan fingerprint density at radius 2 is 2.00 bits per heavy atom. The molecule has 0 unspecified atom stereocenters. The summed E-state index contributed by atoms with van der Waals surface area (Å²) in [6, 6.07) is 14.5. The zero-order chi connectivity index (χ0) is 18.4. The summed E-state index contributed by atoms with van der Waals surface area (Å²) in [5.41, 5.74) is 1.21. The fourth-order valence-corrected chi connectivity index (χ4v) is 2.28. The molecule has 3 rings (SSSR count). The minimum absolute atomic E-state index is 0.171. The van der Waals surface area contributed by atoms with Crippen LogP contribution in [0.3, 0.4) is 0 Å². The van der Waals surface area contributed by atoms with Crippen LogP contribution in [0.1, 0.15) is 17.4 Å². The second-order valence-electron chi connectivity index (χ2n) is 5.28. The molecule has 0 saturated heterocycles. The summed E-state index contributed by atoms with van der Waals surface area (Å²) in [4.78, 5) is 20.7. The Labute approximate surface area is 150 Å². The highest BCUT2D eigenvalue weighted by Gasteiger charge is 2.12. The molecule has 132 valence electrons. The third-order valence-corrected chi connectivity index (χ3v) is 3.40. The highest BCUT2D eigenvalue weighted by atomic mass is 19.1. The molecule has 0 radical (unpaired) electrons. The summed E-state index contributed by atoms with van der Waals surface area (Å²) in [5.74, 6) is -0.00451. The van der Waals surface area contributed by atoms with Gasteiger partial charge in [0, 0.05) is 11.9 Å². The number of rotatable bonds is 6. The van der Waals surface area contributed by atoms with Crippen LogP contribution in [0.2, 0.25) is 0 Å². The number of para-hydroxylation sites is 2. The number of carbonyl (C=O) groups excluding carboxylic acids is 1. The van der Waals surface area contributed by atoms with E-state index in [9.17, 15) is 9.18 Å². The molecule has 1 aromatic heterocycles. The van der Waals surface area contributed by atoms with Gasteiger partial charge in [-0.3, -0.25) is 4.79 Å². The lowest BCUT2D eigenvalue weighted by atomic mass is 10.2. The summed E-state index contributed by atoms with van der Waals surface area (Å²) >= 11 is 0. The van der Waals surface area contributed by atoms with Crippen LogP contribution in [-0.4, -0.2) is 22.5 Å². The number of aromatic nitrogens is 2. The first-order valence-corrected chi connectivity index (χ1v) is 8.04. The number of nitrogens with zero attached hydrogens (tertiary/aromatic N) is 2. The van der Waals surface area contributed by atoms with Crippen molar-refractivity contribution < 1.29 is 13.9 Å². The third kappa shape index (κ3) is 4.32. The van der Waals surface area contributed by atoms with E-state index in [1.807, 2.05) is 13.0 Å². The fourth-order valence-electron chi connectivity index (χ4n) is 2.28. The smallest absolute Gasteiger partial charge is 0.274 e. The van der Waals surface area contributed by atoms with Gasteiger partial charge in [-0.25, -0.2) is 14.4 Å². The molecule has 2 aromatic carbocycles. The first-order valence-electron chi connectivity index (χ1n) is 8.04. The molecule has 0 bridgehead atoms. The van der Waals surface area contributed by atoms with E-state index < -0.39 is 5.91 Å². The summed E-state index contributed by atoms with van der Waals surface area (Å²) in [6.07, 6.45) is 1.46. The van der Waals surface area contributed by atoms with Gasteiger partial charge in [0.05, 0.1) is 12.3 Å². The zero-order valence-electron chi connectivity index (χ0n) is 14.1. The van der Waals surface area contributed by atoms with Gasteiger partial charge in [-0.1, -0.05) is 18.2 Å². The van der Waals surface area contributed by atoms with Crippen molar-refractivity contribution in [1.82, 2.24) is 9.97 Å². The number of nitrogens with one attached hydrogen (secondary N) is 2. The Morgan fingerprint density at radius 3 is 2.81 bits per heavy atom. The van der Waals surface area contributed by atoms with Crippen molar-refractivity contribution in [2.45, 2.75) is 6.92 Å². The van der Waals surface area contributed by atoms with E-state index in [0.717, 1.165) is 0 Å². The SMILES string of the molecule is CCOc1ccccc1NC(=O)c1ccnc(Nc2cccc(F)c2)n1. The molecule has 1 amide bonds. The van der Waals surface area contributed by atoms with Crippen molar-refractivity contribution in [3.8, 4) is 5.75 Å². The summed E-state index contributed by atoms with van der Waals surface area (Å²) in [5, 5.41) is 5.64. The standard InChI is InChI=1S/C19H17FN4O2/c1-2-26-17-9-4-3-8-15(17)23-18(25)16-10-11-21-19(24-16)22-14-7-5-6-13(20)12-14/h3-12H,2H2,1H3,(H,23,25)(H,21,22,24). The van der Waals surface area contributed by atoms with Crippen LogP contribution in [0.15, 0.2) is 60.8 Å². The molecule has 0 atom stereocenters. The Balaban J connectivity index is 1.76. The van der Waals surface area contributed by atoms with Gasteiger partial charge in [-0.2, -0.15) is 0 Å². The summed E-state index contributed by atoms with van der Waals surface area (Å²) in [6.45, 7) is 2.36. The van der Waals surface area contributed by atoms with Gasteiger partial charge >= 0.3 is 0 Å². The number of anilines is 3. The maximum atomic E-state index is 13.3. The lowest BCUT2D eigenvalue weighted by molar-refractivity contribution is 0.102. The van der Waals surface area contributed by atoms with Gasteiger partial charge in [-0.05, 0) is 43.3 Å². The van der Waals surface area contributed by atoms with Crippen LogP contribution in [-0.2, 0) is 0 Å². The molecule has 3 aromatic rings. The molecule has 0 fully saturated rings. The Hall–Kier alpha value is -3.48. The van der Waals surface area contributed by atoms with E-state index >= 15 is 0 Å². The Morgan fingerprint density at radius 1 is 1.15 bits per heavy atom. The highest BCUT2D eigenvalue weighted by molar-refractivity contribution is 6.03. The second kappa shape index (κ2) is 8.06. The van der Waals surface area contributed by atoms with Crippen LogP contribution in [0.5, 0.6) is 5.75 Å². The molecule has 2 N–H and O–H groups in total. The Kier molecular flexibility index (Phi) is 5.38. The second-order valence-corrected chi connectivity index (χ2v) is 5.28. The van der Waals surface area contributed by atoms with Gasteiger partial charge in [0.1, 0.15) is 17.3 Å². The van der Waals surface area contributed by atoms with Crippen molar-refractivity contribution in [2.24, 2.45) is 0 Å². The highest BCUT2D eigenvalue weighted by Crippen LogP contribution is 2.24. The maximum absolute atomic E-state index is 13.3. The molecular weight excluding hydrogens is 335 g/mol. The number of ether oxygens (including phenoxy) is 1. The van der Waals surface area contributed by atoms with Crippen molar-refractivity contribution in [3.63, 3.8) is 0 Å². The van der Waals surface area contributed by atoms with E-state index in [1.165, 1.54) is 24.4 Å². The van der Waals surface area contributed by atoms with Crippen molar-refractivity contribution in [1.29, 1.82) is 0 Å². The average molecular weight is 352 g/mol. The normalized spacial score (nSPS) is 10.2. The molecular formula is C19H17FN4O2. The van der Waals surface area contributed by atoms with Crippen molar-refractivity contribution in [3.05, 3.63) is 72.3 Å².